The number of H-pyrrole nitrogens is 1. The predicted octanol–water partition coefficient (Wildman–Crippen LogP) is 1.99. The van der Waals surface area contributed by atoms with E-state index < -0.39 is 23.1 Å². The molecular formula is C19H15N3O5. The van der Waals surface area contributed by atoms with Crippen LogP contribution in [-0.2, 0) is 0 Å². The molecule has 8 nitrogen and oxygen atoms in total. The van der Waals surface area contributed by atoms with Crippen LogP contribution in [0.1, 0.15) is 21.5 Å². The number of aromatic nitrogens is 2. The summed E-state index contributed by atoms with van der Waals surface area (Å²) >= 11 is 0. The molecule has 3 rings (SSSR count). The molecule has 0 spiro atoms. The monoisotopic (exact) mass is 365 g/mol. The standard InChI is InChI=1S/C19H15N3O5/c1-11-4-2-3-5-15(11)22-17(24)14(16(23)21-19(22)27)10-20-13-8-6-12(7-9-13)18(25)26/h2-10,24H,1H3,(H,25,26)(H,21,23,27). The Labute approximate surface area is 152 Å². The molecule has 0 unspecified atom stereocenters. The zero-order valence-electron chi connectivity index (χ0n) is 14.2. The van der Waals surface area contributed by atoms with Gasteiger partial charge in [0.05, 0.1) is 16.9 Å². The van der Waals surface area contributed by atoms with Crippen LogP contribution in [-0.4, -0.2) is 31.9 Å². The Morgan fingerprint density at radius 3 is 2.41 bits per heavy atom. The zero-order chi connectivity index (χ0) is 19.6. The number of hydrogen-bond acceptors (Lipinski definition) is 5. The molecule has 2 aromatic carbocycles. The molecule has 0 saturated carbocycles. The Morgan fingerprint density at radius 1 is 1.11 bits per heavy atom. The van der Waals surface area contributed by atoms with Crippen molar-refractivity contribution in [1.82, 2.24) is 9.55 Å². The Kier molecular flexibility index (Phi) is 4.71. The lowest BCUT2D eigenvalue weighted by molar-refractivity contribution is 0.0697. The Balaban J connectivity index is 2.07. The van der Waals surface area contributed by atoms with Gasteiger partial charge in [-0.15, -0.1) is 0 Å². The molecule has 0 fully saturated rings. The Bertz CT molecular complexity index is 1160. The first-order valence-corrected chi connectivity index (χ1v) is 7.90. The van der Waals surface area contributed by atoms with Gasteiger partial charge < -0.3 is 10.2 Å². The molecule has 8 heteroatoms. The van der Waals surface area contributed by atoms with Gasteiger partial charge in [-0.25, -0.2) is 14.2 Å². The second-order valence-electron chi connectivity index (χ2n) is 5.73. The third-order valence-corrected chi connectivity index (χ3v) is 3.93. The minimum absolute atomic E-state index is 0.0998. The first kappa shape index (κ1) is 17.9. The van der Waals surface area contributed by atoms with Crippen molar-refractivity contribution in [2.45, 2.75) is 6.92 Å². The summed E-state index contributed by atoms with van der Waals surface area (Å²) in [5, 5.41) is 19.4. The minimum atomic E-state index is -1.06. The molecule has 0 aliphatic heterocycles. The highest BCUT2D eigenvalue weighted by Crippen LogP contribution is 2.19. The molecule has 0 amide bonds. The molecular weight excluding hydrogens is 350 g/mol. The van der Waals surface area contributed by atoms with E-state index in [0.717, 1.165) is 16.3 Å². The molecule has 1 aromatic heterocycles. The van der Waals surface area contributed by atoms with Crippen molar-refractivity contribution in [3.05, 3.63) is 86.1 Å². The number of aliphatic imine (C=N–C) groups is 1. The third kappa shape index (κ3) is 3.54. The van der Waals surface area contributed by atoms with Crippen molar-refractivity contribution in [2.75, 3.05) is 0 Å². The number of aromatic amines is 1. The first-order chi connectivity index (χ1) is 12.9. The maximum absolute atomic E-state index is 12.2. The van der Waals surface area contributed by atoms with Crippen molar-refractivity contribution in [3.8, 4) is 11.6 Å². The topological polar surface area (TPSA) is 125 Å². The highest BCUT2D eigenvalue weighted by molar-refractivity contribution is 5.88. The predicted molar refractivity (Wildman–Crippen MR) is 99.7 cm³/mol. The molecule has 0 saturated heterocycles. The van der Waals surface area contributed by atoms with Crippen LogP contribution < -0.4 is 11.2 Å². The normalized spacial score (nSPS) is 11.0. The average Bonchev–Trinajstić information content (AvgIpc) is 2.63. The molecule has 0 atom stereocenters. The first-order valence-electron chi connectivity index (χ1n) is 7.90. The zero-order valence-corrected chi connectivity index (χ0v) is 14.2. The quantitative estimate of drug-likeness (QED) is 0.610. The molecule has 3 aromatic rings. The summed E-state index contributed by atoms with van der Waals surface area (Å²) in [6, 6.07) is 12.6. The summed E-state index contributed by atoms with van der Waals surface area (Å²) in [7, 11) is 0. The van der Waals surface area contributed by atoms with E-state index in [9.17, 15) is 19.5 Å². The van der Waals surface area contributed by atoms with Crippen LogP contribution in [0.4, 0.5) is 5.69 Å². The number of aromatic hydroxyl groups is 1. The van der Waals surface area contributed by atoms with E-state index >= 15 is 0 Å². The average molecular weight is 365 g/mol. The van der Waals surface area contributed by atoms with Crippen LogP contribution in [0.2, 0.25) is 0 Å². The van der Waals surface area contributed by atoms with Gasteiger partial charge in [0.2, 0.25) is 5.88 Å². The number of para-hydroxylation sites is 1. The van der Waals surface area contributed by atoms with Gasteiger partial charge in [-0.1, -0.05) is 18.2 Å². The van der Waals surface area contributed by atoms with Gasteiger partial charge >= 0.3 is 11.7 Å². The molecule has 0 aliphatic carbocycles. The van der Waals surface area contributed by atoms with Crippen molar-refractivity contribution < 1.29 is 15.0 Å². The smallest absolute Gasteiger partial charge is 0.335 e. The van der Waals surface area contributed by atoms with Gasteiger partial charge in [0.1, 0.15) is 5.56 Å². The fourth-order valence-corrected chi connectivity index (χ4v) is 2.52. The summed E-state index contributed by atoms with van der Waals surface area (Å²) in [4.78, 5) is 41.4. The summed E-state index contributed by atoms with van der Waals surface area (Å²) in [6.45, 7) is 1.77. The van der Waals surface area contributed by atoms with E-state index in [2.05, 4.69) is 9.98 Å². The van der Waals surface area contributed by atoms with Crippen molar-refractivity contribution in [1.29, 1.82) is 0 Å². The number of nitrogens with zero attached hydrogens (tertiary/aromatic N) is 2. The van der Waals surface area contributed by atoms with Crippen molar-refractivity contribution in [2.24, 2.45) is 4.99 Å². The summed E-state index contributed by atoms with van der Waals surface area (Å²) < 4.78 is 0.992. The van der Waals surface area contributed by atoms with Crippen molar-refractivity contribution >= 4 is 17.9 Å². The van der Waals surface area contributed by atoms with Gasteiger partial charge in [0, 0.05) is 6.21 Å². The largest absolute Gasteiger partial charge is 0.493 e. The highest BCUT2D eigenvalue weighted by atomic mass is 16.4. The van der Waals surface area contributed by atoms with E-state index in [-0.39, 0.29) is 11.1 Å². The van der Waals surface area contributed by atoms with Crippen LogP contribution in [0.5, 0.6) is 5.88 Å². The van der Waals surface area contributed by atoms with E-state index in [0.29, 0.717) is 11.4 Å². The minimum Gasteiger partial charge on any atom is -0.493 e. The van der Waals surface area contributed by atoms with Gasteiger partial charge in [-0.2, -0.15) is 0 Å². The number of benzene rings is 2. The molecule has 27 heavy (non-hydrogen) atoms. The van der Waals surface area contributed by atoms with Crippen LogP contribution in [0.3, 0.4) is 0 Å². The van der Waals surface area contributed by atoms with Gasteiger partial charge in [0.25, 0.3) is 5.56 Å². The lowest BCUT2D eigenvalue weighted by Gasteiger charge is -2.11. The fraction of sp³-hybridized carbons (Fsp3) is 0.0526. The van der Waals surface area contributed by atoms with Crippen molar-refractivity contribution in [3.63, 3.8) is 0 Å². The molecule has 3 N–H and O–H groups in total. The fourth-order valence-electron chi connectivity index (χ4n) is 2.52. The number of carboxylic acids is 1. The van der Waals surface area contributed by atoms with Gasteiger partial charge in [-0.05, 0) is 42.8 Å². The Hall–Kier alpha value is -3.94. The number of aromatic carboxylic acids is 1. The van der Waals surface area contributed by atoms with E-state index in [4.69, 9.17) is 5.11 Å². The highest BCUT2D eigenvalue weighted by Gasteiger charge is 2.15. The summed E-state index contributed by atoms with van der Waals surface area (Å²) in [5.41, 5.74) is -0.107. The van der Waals surface area contributed by atoms with Crippen LogP contribution in [0.25, 0.3) is 5.69 Å². The SMILES string of the molecule is Cc1ccccc1-n1c(O)c(C=Nc2ccc(C(=O)O)cc2)c(=O)[nH]c1=O. The maximum Gasteiger partial charge on any atom is 0.335 e. The number of aryl methyl sites for hydroxylation is 1. The number of hydrogen-bond donors (Lipinski definition) is 3. The summed E-state index contributed by atoms with van der Waals surface area (Å²) in [6.07, 6.45) is 1.12. The van der Waals surface area contributed by atoms with Crippen LogP contribution in [0, 0.1) is 6.92 Å². The maximum atomic E-state index is 12.2. The van der Waals surface area contributed by atoms with Gasteiger partial charge in [-0.3, -0.25) is 14.8 Å². The number of nitrogens with one attached hydrogen (secondary N) is 1. The lowest BCUT2D eigenvalue weighted by atomic mass is 10.2. The molecule has 1 heterocycles. The molecule has 0 bridgehead atoms. The number of carbonyl (C=O) groups is 1. The lowest BCUT2D eigenvalue weighted by Crippen LogP contribution is -2.31. The van der Waals surface area contributed by atoms with Crippen LogP contribution >= 0.6 is 0 Å². The second-order valence-corrected chi connectivity index (χ2v) is 5.73. The van der Waals surface area contributed by atoms with Crippen LogP contribution in [0.15, 0.2) is 63.1 Å². The molecule has 0 aliphatic rings. The van der Waals surface area contributed by atoms with E-state index in [1.165, 1.54) is 24.3 Å². The Morgan fingerprint density at radius 2 is 1.78 bits per heavy atom. The number of rotatable bonds is 4. The number of carboxylic acid groups (broad SMARTS) is 1. The molecule has 136 valence electrons. The molecule has 0 radical (unpaired) electrons. The second kappa shape index (κ2) is 7.12. The van der Waals surface area contributed by atoms with Gasteiger partial charge in [0.15, 0.2) is 0 Å². The van der Waals surface area contributed by atoms with E-state index in [1.807, 2.05) is 0 Å². The summed E-state index contributed by atoms with van der Waals surface area (Å²) in [5.74, 6) is -1.60. The third-order valence-electron chi connectivity index (χ3n) is 3.93. The van der Waals surface area contributed by atoms with E-state index in [1.54, 1.807) is 31.2 Å².